The van der Waals surface area contributed by atoms with Crippen LogP contribution < -0.4 is 0 Å². The third-order valence-electron chi connectivity index (χ3n) is 10.6. The number of thiophene rings is 1. The Balaban J connectivity index is 1.25. The maximum Gasteiger partial charge on any atom is 0.236 e. The lowest BCUT2D eigenvalue weighted by atomic mass is 9.98. The third-order valence-corrected chi connectivity index (χ3v) is 11.7. The molecule has 12 rings (SSSR count). The first-order valence-electron chi connectivity index (χ1n) is 17.2. The van der Waals surface area contributed by atoms with Crippen LogP contribution in [0.1, 0.15) is 0 Å². The molecule has 4 aromatic heterocycles. The van der Waals surface area contributed by atoms with Crippen LogP contribution in [0, 0.1) is 0 Å². The quantitative estimate of drug-likeness (QED) is 0.172. The van der Waals surface area contributed by atoms with Crippen LogP contribution in [-0.4, -0.2) is 14.5 Å². The predicted molar refractivity (Wildman–Crippen MR) is 214 cm³/mol. The Hall–Kier alpha value is -6.56. The van der Waals surface area contributed by atoms with Gasteiger partial charge in [0, 0.05) is 41.9 Å². The van der Waals surface area contributed by atoms with E-state index in [0.717, 1.165) is 54.9 Å². The molecule has 0 N–H and O–H groups in total. The Morgan fingerprint density at radius 3 is 1.98 bits per heavy atom. The molecule has 0 saturated heterocycles. The van der Waals surface area contributed by atoms with E-state index in [2.05, 4.69) is 150 Å². The fraction of sp³-hybridized carbons (Fsp3) is 0. The van der Waals surface area contributed by atoms with Gasteiger partial charge in [-0.05, 0) is 57.3 Å². The van der Waals surface area contributed by atoms with Crippen LogP contribution in [0.25, 0.3) is 114 Å². The molecule has 4 heterocycles. The smallest absolute Gasteiger partial charge is 0.236 e. The highest BCUT2D eigenvalue weighted by Crippen LogP contribution is 2.45. The van der Waals surface area contributed by atoms with Crippen LogP contribution in [0.2, 0.25) is 0 Å². The van der Waals surface area contributed by atoms with Gasteiger partial charge in [0.25, 0.3) is 0 Å². The van der Waals surface area contributed by atoms with Gasteiger partial charge in [0.05, 0.1) is 16.4 Å². The molecule has 236 valence electrons. The summed E-state index contributed by atoms with van der Waals surface area (Å²) in [6.45, 7) is 0. The molecule has 0 aliphatic heterocycles. The fourth-order valence-corrected chi connectivity index (χ4v) is 9.50. The zero-order valence-electron chi connectivity index (χ0n) is 27.1. The second-order valence-electron chi connectivity index (χ2n) is 13.3. The van der Waals surface area contributed by atoms with Gasteiger partial charge in [0.1, 0.15) is 16.8 Å². The van der Waals surface area contributed by atoms with Gasteiger partial charge < -0.3 is 4.42 Å². The minimum absolute atomic E-state index is 0.619. The van der Waals surface area contributed by atoms with Crippen molar-refractivity contribution in [2.24, 2.45) is 0 Å². The molecular weight excluding hydrogens is 643 g/mol. The minimum atomic E-state index is 0.619. The van der Waals surface area contributed by atoms with Crippen molar-refractivity contribution in [3.05, 3.63) is 152 Å². The van der Waals surface area contributed by atoms with Crippen LogP contribution in [0.3, 0.4) is 0 Å². The van der Waals surface area contributed by atoms with Crippen molar-refractivity contribution in [3.8, 4) is 17.2 Å². The summed E-state index contributed by atoms with van der Waals surface area (Å²) in [7, 11) is 0. The van der Waals surface area contributed by atoms with E-state index in [9.17, 15) is 0 Å². The second-order valence-corrected chi connectivity index (χ2v) is 14.4. The fourth-order valence-electron chi connectivity index (χ4n) is 8.37. The van der Waals surface area contributed by atoms with Crippen molar-refractivity contribution < 1.29 is 4.42 Å². The maximum atomic E-state index is 6.90. The van der Waals surface area contributed by atoms with E-state index in [-0.39, 0.29) is 0 Å². The molecule has 0 aliphatic carbocycles. The summed E-state index contributed by atoms with van der Waals surface area (Å²) in [6, 6.07) is 54.0. The number of rotatable bonds is 2. The molecule has 0 spiro atoms. The monoisotopic (exact) mass is 667 g/mol. The number of fused-ring (bicyclic) bond motifs is 16. The Kier molecular flexibility index (Phi) is 5.35. The zero-order valence-corrected chi connectivity index (χ0v) is 27.9. The highest BCUT2D eigenvalue weighted by molar-refractivity contribution is 7.26. The van der Waals surface area contributed by atoms with Crippen molar-refractivity contribution >= 4 is 108 Å². The van der Waals surface area contributed by atoms with Gasteiger partial charge in [-0.2, -0.15) is 0 Å². The number of benzene rings is 8. The lowest BCUT2D eigenvalue weighted by Gasteiger charge is -2.10. The molecule has 4 nitrogen and oxygen atoms in total. The molecule has 12 aromatic rings. The molecule has 51 heavy (non-hydrogen) atoms. The van der Waals surface area contributed by atoms with Crippen LogP contribution in [0.4, 0.5) is 0 Å². The predicted octanol–water partition coefficient (Wildman–Crippen LogP) is 13.0. The summed E-state index contributed by atoms with van der Waals surface area (Å²) in [4.78, 5) is 10.9. The molecule has 8 aromatic carbocycles. The molecule has 5 heteroatoms. The van der Waals surface area contributed by atoms with Crippen molar-refractivity contribution in [1.29, 1.82) is 0 Å². The molecule has 0 saturated carbocycles. The normalized spacial score (nSPS) is 12.3. The summed E-state index contributed by atoms with van der Waals surface area (Å²) in [5, 5.41) is 13.0. The summed E-state index contributed by atoms with van der Waals surface area (Å²) >= 11 is 1.86. The van der Waals surface area contributed by atoms with Gasteiger partial charge in [0.15, 0.2) is 5.58 Å². The lowest BCUT2D eigenvalue weighted by molar-refractivity contribution is 0.670. The molecule has 0 atom stereocenters. The van der Waals surface area contributed by atoms with E-state index < -0.39 is 0 Å². The Bertz CT molecular complexity index is 3430. The summed E-state index contributed by atoms with van der Waals surface area (Å²) in [5.41, 5.74) is 6.24. The summed E-state index contributed by atoms with van der Waals surface area (Å²) in [5.74, 6) is 0.619. The molecule has 0 amide bonds. The van der Waals surface area contributed by atoms with E-state index in [1.54, 1.807) is 0 Å². The number of furan rings is 1. The molecule has 0 unspecified atom stereocenters. The number of hydrogen-bond acceptors (Lipinski definition) is 4. The van der Waals surface area contributed by atoms with Gasteiger partial charge in [0.2, 0.25) is 5.95 Å². The highest BCUT2D eigenvalue weighted by Gasteiger charge is 2.24. The van der Waals surface area contributed by atoms with Crippen LogP contribution >= 0.6 is 11.3 Å². The maximum absolute atomic E-state index is 6.90. The van der Waals surface area contributed by atoms with E-state index in [0.29, 0.717) is 11.5 Å². The van der Waals surface area contributed by atoms with Gasteiger partial charge in [-0.1, -0.05) is 121 Å². The summed E-state index contributed by atoms with van der Waals surface area (Å²) < 4.78 is 11.8. The average Bonchev–Trinajstić information content (AvgIpc) is 3.87. The molecular formula is C46H25N3OS. The zero-order chi connectivity index (χ0) is 33.2. The standard InChI is InChI=1S/C46H25N3OS/c1-2-12-26(13-3-1)42-45-43(41-31-17-6-4-14-28(31)29-15-5-7-18-32(29)44(41)50-45)48-46(47-42)49-36-20-10-8-16-30(36)35-25-34-27(24-37(35)49)22-23-39-40(34)33-19-9-11-21-38(33)51-39/h1-25H. The van der Waals surface area contributed by atoms with Gasteiger partial charge >= 0.3 is 0 Å². The Morgan fingerprint density at radius 2 is 1.14 bits per heavy atom. The number of hydrogen-bond donors (Lipinski definition) is 0. The molecule has 0 fully saturated rings. The van der Waals surface area contributed by atoms with E-state index in [4.69, 9.17) is 14.4 Å². The highest BCUT2D eigenvalue weighted by atomic mass is 32.1. The van der Waals surface area contributed by atoms with E-state index in [1.807, 2.05) is 17.4 Å². The number of para-hydroxylation sites is 1. The first kappa shape index (κ1) is 27.3. The SMILES string of the molecule is c1ccc(-c2nc(-n3c4ccccc4c4cc5c(ccc6sc7ccccc7c65)cc43)nc3c2oc2c4ccccc4c4ccccc4c32)cc1. The average molecular weight is 668 g/mol. The molecule has 0 aliphatic rings. The first-order chi connectivity index (χ1) is 25.3. The number of aromatic nitrogens is 3. The third kappa shape index (κ3) is 3.68. The van der Waals surface area contributed by atoms with E-state index in [1.165, 1.54) is 47.1 Å². The minimum Gasteiger partial charge on any atom is -0.451 e. The first-order valence-corrected chi connectivity index (χ1v) is 18.0. The van der Waals surface area contributed by atoms with Crippen LogP contribution in [-0.2, 0) is 0 Å². The second kappa shape index (κ2) is 10.0. The van der Waals surface area contributed by atoms with Gasteiger partial charge in [-0.3, -0.25) is 4.57 Å². The molecule has 0 bridgehead atoms. The van der Waals surface area contributed by atoms with Crippen LogP contribution in [0.5, 0.6) is 0 Å². The van der Waals surface area contributed by atoms with Gasteiger partial charge in [-0.15, -0.1) is 11.3 Å². The Morgan fingerprint density at radius 1 is 0.451 bits per heavy atom. The number of nitrogens with zero attached hydrogens (tertiary/aromatic N) is 3. The molecule has 0 radical (unpaired) electrons. The summed E-state index contributed by atoms with van der Waals surface area (Å²) in [6.07, 6.45) is 0. The van der Waals surface area contributed by atoms with Crippen molar-refractivity contribution in [3.63, 3.8) is 0 Å². The van der Waals surface area contributed by atoms with Gasteiger partial charge in [-0.25, -0.2) is 9.97 Å². The lowest BCUT2D eigenvalue weighted by Crippen LogP contribution is -2.03. The van der Waals surface area contributed by atoms with Crippen LogP contribution in [0.15, 0.2) is 156 Å². The Labute approximate surface area is 294 Å². The van der Waals surface area contributed by atoms with Crippen molar-refractivity contribution in [1.82, 2.24) is 14.5 Å². The topological polar surface area (TPSA) is 43.9 Å². The van der Waals surface area contributed by atoms with Crippen molar-refractivity contribution in [2.45, 2.75) is 0 Å². The van der Waals surface area contributed by atoms with E-state index >= 15 is 0 Å². The van der Waals surface area contributed by atoms with Crippen molar-refractivity contribution in [2.75, 3.05) is 0 Å². The largest absolute Gasteiger partial charge is 0.451 e.